The molecule has 1 aromatic heterocycles. The van der Waals surface area contributed by atoms with Crippen molar-refractivity contribution >= 4 is 15.9 Å². The maximum Gasteiger partial charge on any atom is 0.0766 e. The summed E-state index contributed by atoms with van der Waals surface area (Å²) in [5, 5.41) is 4.62. The summed E-state index contributed by atoms with van der Waals surface area (Å²) >= 11 is 3.68. The highest BCUT2D eigenvalue weighted by Crippen LogP contribution is 2.29. The molecule has 0 spiro atoms. The van der Waals surface area contributed by atoms with E-state index >= 15 is 0 Å². The fourth-order valence-corrected chi connectivity index (χ4v) is 2.69. The molecule has 0 aromatic carbocycles. The average Bonchev–Trinajstić information content (AvgIpc) is 2.66. The Hall–Kier alpha value is -0.350. The Bertz CT molecular complexity index is 396. The van der Waals surface area contributed by atoms with E-state index in [1.54, 1.807) is 0 Å². The molecule has 0 amide bonds. The lowest BCUT2D eigenvalue weighted by molar-refractivity contribution is 0.269. The van der Waals surface area contributed by atoms with Gasteiger partial charge < -0.3 is 5.73 Å². The van der Waals surface area contributed by atoms with E-state index < -0.39 is 0 Å². The summed E-state index contributed by atoms with van der Waals surface area (Å²) in [5.74, 6) is 0. The van der Waals surface area contributed by atoms with Crippen LogP contribution in [0.3, 0.4) is 0 Å². The zero-order valence-corrected chi connectivity index (χ0v) is 13.8. The Morgan fingerprint density at radius 1 is 1.33 bits per heavy atom. The van der Waals surface area contributed by atoms with Crippen molar-refractivity contribution < 1.29 is 0 Å². The molecule has 18 heavy (non-hydrogen) atoms. The van der Waals surface area contributed by atoms with Gasteiger partial charge in [0.05, 0.1) is 15.9 Å². The number of aryl methyl sites for hydroxylation is 2. The smallest absolute Gasteiger partial charge is 0.0766 e. The first kappa shape index (κ1) is 15.7. The summed E-state index contributed by atoms with van der Waals surface area (Å²) in [4.78, 5) is 0. The minimum absolute atomic E-state index is 0.158. The highest BCUT2D eigenvalue weighted by Gasteiger charge is 2.27. The summed E-state index contributed by atoms with van der Waals surface area (Å²) < 4.78 is 3.23. The molecule has 3 nitrogen and oxygen atoms in total. The van der Waals surface area contributed by atoms with Crippen LogP contribution in [0.5, 0.6) is 0 Å². The SMILES string of the molecule is CCc1nn(CC)c(CC(N)C(C)(C)CC)c1Br. The molecule has 1 aromatic rings. The van der Waals surface area contributed by atoms with Crippen molar-refractivity contribution in [2.24, 2.45) is 11.1 Å². The van der Waals surface area contributed by atoms with Crippen LogP contribution < -0.4 is 5.73 Å². The van der Waals surface area contributed by atoms with E-state index in [0.29, 0.717) is 0 Å². The average molecular weight is 316 g/mol. The number of aromatic nitrogens is 2. The molecule has 0 aliphatic rings. The molecule has 0 fully saturated rings. The number of nitrogens with two attached hydrogens (primary N) is 1. The summed E-state index contributed by atoms with van der Waals surface area (Å²) in [6.07, 6.45) is 2.92. The van der Waals surface area contributed by atoms with Crippen molar-refractivity contribution in [2.75, 3.05) is 0 Å². The lowest BCUT2D eigenvalue weighted by atomic mass is 9.80. The van der Waals surface area contributed by atoms with Gasteiger partial charge in [-0.1, -0.05) is 27.7 Å². The lowest BCUT2D eigenvalue weighted by Crippen LogP contribution is -2.39. The van der Waals surface area contributed by atoms with E-state index in [2.05, 4.69) is 60.3 Å². The maximum atomic E-state index is 6.38. The summed E-state index contributed by atoms with van der Waals surface area (Å²) in [6.45, 7) is 11.8. The number of hydrogen-bond donors (Lipinski definition) is 1. The predicted molar refractivity (Wildman–Crippen MR) is 80.7 cm³/mol. The molecular formula is C14H26BrN3. The Morgan fingerprint density at radius 3 is 2.39 bits per heavy atom. The molecule has 0 bridgehead atoms. The lowest BCUT2D eigenvalue weighted by Gasteiger charge is -2.30. The zero-order valence-electron chi connectivity index (χ0n) is 12.3. The number of nitrogens with zero attached hydrogens (tertiary/aromatic N) is 2. The third-order valence-corrected chi connectivity index (χ3v) is 4.94. The van der Waals surface area contributed by atoms with Gasteiger partial charge in [-0.3, -0.25) is 4.68 Å². The molecule has 0 saturated heterocycles. The Morgan fingerprint density at radius 2 is 1.94 bits per heavy atom. The fourth-order valence-electron chi connectivity index (χ4n) is 1.96. The van der Waals surface area contributed by atoms with Gasteiger partial charge in [-0.15, -0.1) is 0 Å². The standard InChI is InChI=1S/C14H26BrN3/c1-6-10-13(15)11(18(8-3)17-10)9-12(16)14(4,5)7-2/h12H,6-9,16H2,1-5H3. The fraction of sp³-hybridized carbons (Fsp3) is 0.786. The van der Waals surface area contributed by atoms with Crippen molar-refractivity contribution in [3.8, 4) is 0 Å². The van der Waals surface area contributed by atoms with Crippen LogP contribution in [0.1, 0.15) is 52.4 Å². The molecule has 1 atom stereocenters. The normalized spacial score (nSPS) is 13.9. The van der Waals surface area contributed by atoms with Crippen LogP contribution in [-0.2, 0) is 19.4 Å². The van der Waals surface area contributed by atoms with Gasteiger partial charge in [-0.2, -0.15) is 5.10 Å². The van der Waals surface area contributed by atoms with E-state index in [4.69, 9.17) is 5.73 Å². The van der Waals surface area contributed by atoms with Crippen molar-refractivity contribution in [1.29, 1.82) is 0 Å². The molecular weight excluding hydrogens is 290 g/mol. The van der Waals surface area contributed by atoms with Crippen molar-refractivity contribution in [3.63, 3.8) is 0 Å². The second-order valence-corrected chi connectivity index (χ2v) is 6.32. The van der Waals surface area contributed by atoms with E-state index in [1.807, 2.05) is 0 Å². The van der Waals surface area contributed by atoms with E-state index in [0.717, 1.165) is 36.0 Å². The van der Waals surface area contributed by atoms with Gasteiger partial charge in [0.2, 0.25) is 0 Å². The Labute approximate surface area is 119 Å². The monoisotopic (exact) mass is 315 g/mol. The molecule has 4 heteroatoms. The third kappa shape index (κ3) is 3.15. The Balaban J connectivity index is 3.00. The maximum absolute atomic E-state index is 6.38. The predicted octanol–water partition coefficient (Wildman–Crippen LogP) is 3.53. The largest absolute Gasteiger partial charge is 0.327 e. The number of hydrogen-bond acceptors (Lipinski definition) is 2. The molecule has 2 N–H and O–H groups in total. The van der Waals surface area contributed by atoms with Gasteiger partial charge in [0, 0.05) is 19.0 Å². The van der Waals surface area contributed by atoms with E-state index in [-0.39, 0.29) is 11.5 Å². The molecule has 1 rings (SSSR count). The van der Waals surface area contributed by atoms with Crippen LogP contribution >= 0.6 is 15.9 Å². The van der Waals surface area contributed by atoms with Gasteiger partial charge in [0.1, 0.15) is 0 Å². The molecule has 0 saturated carbocycles. The third-order valence-electron chi connectivity index (χ3n) is 4.02. The molecule has 104 valence electrons. The number of rotatable bonds is 6. The van der Waals surface area contributed by atoms with Crippen LogP contribution in [0.2, 0.25) is 0 Å². The Kier molecular flexibility index (Phi) is 5.41. The second-order valence-electron chi connectivity index (χ2n) is 5.53. The highest BCUT2D eigenvalue weighted by atomic mass is 79.9. The minimum Gasteiger partial charge on any atom is -0.327 e. The van der Waals surface area contributed by atoms with Gasteiger partial charge >= 0.3 is 0 Å². The molecule has 1 heterocycles. The summed E-state index contributed by atoms with van der Waals surface area (Å²) in [5.41, 5.74) is 8.91. The van der Waals surface area contributed by atoms with E-state index in [1.165, 1.54) is 5.69 Å². The highest BCUT2D eigenvalue weighted by molar-refractivity contribution is 9.10. The molecule has 0 aliphatic carbocycles. The first-order chi connectivity index (χ1) is 8.37. The molecule has 0 aliphatic heterocycles. The minimum atomic E-state index is 0.158. The number of halogens is 1. The summed E-state index contributed by atoms with van der Waals surface area (Å²) in [6, 6.07) is 0.158. The quantitative estimate of drug-likeness (QED) is 0.872. The summed E-state index contributed by atoms with van der Waals surface area (Å²) in [7, 11) is 0. The molecule has 1 unspecified atom stereocenters. The van der Waals surface area contributed by atoms with Gasteiger partial charge in [0.15, 0.2) is 0 Å². The van der Waals surface area contributed by atoms with Gasteiger partial charge in [0.25, 0.3) is 0 Å². The first-order valence-electron chi connectivity index (χ1n) is 6.86. The molecule has 0 radical (unpaired) electrons. The van der Waals surface area contributed by atoms with Crippen LogP contribution in [-0.4, -0.2) is 15.8 Å². The topological polar surface area (TPSA) is 43.8 Å². The second kappa shape index (κ2) is 6.20. The van der Waals surface area contributed by atoms with Gasteiger partial charge in [-0.25, -0.2) is 0 Å². The van der Waals surface area contributed by atoms with Gasteiger partial charge in [-0.05, 0) is 41.1 Å². The van der Waals surface area contributed by atoms with Crippen LogP contribution in [0.4, 0.5) is 0 Å². The van der Waals surface area contributed by atoms with E-state index in [9.17, 15) is 0 Å². The zero-order chi connectivity index (χ0) is 13.9. The van der Waals surface area contributed by atoms with Crippen LogP contribution in [0, 0.1) is 5.41 Å². The van der Waals surface area contributed by atoms with Crippen LogP contribution in [0.25, 0.3) is 0 Å². The van der Waals surface area contributed by atoms with Crippen molar-refractivity contribution in [1.82, 2.24) is 9.78 Å². The van der Waals surface area contributed by atoms with Crippen molar-refractivity contribution in [2.45, 2.75) is 66.5 Å². The van der Waals surface area contributed by atoms with Crippen molar-refractivity contribution in [3.05, 3.63) is 15.9 Å². The first-order valence-corrected chi connectivity index (χ1v) is 7.66. The van der Waals surface area contributed by atoms with Crippen LogP contribution in [0.15, 0.2) is 4.47 Å².